The van der Waals surface area contributed by atoms with Crippen molar-refractivity contribution in [2.75, 3.05) is 0 Å². The van der Waals surface area contributed by atoms with Crippen molar-refractivity contribution in [1.82, 2.24) is 9.55 Å². The van der Waals surface area contributed by atoms with Gasteiger partial charge in [0.2, 0.25) is 0 Å². The third-order valence-corrected chi connectivity index (χ3v) is 4.16. The van der Waals surface area contributed by atoms with E-state index in [4.69, 9.17) is 5.73 Å². The summed E-state index contributed by atoms with van der Waals surface area (Å²) >= 11 is 1.98. The highest BCUT2D eigenvalue weighted by Gasteiger charge is 2.17. The summed E-state index contributed by atoms with van der Waals surface area (Å²) in [5.41, 5.74) is 6.81. The van der Waals surface area contributed by atoms with Crippen molar-refractivity contribution in [2.45, 2.75) is 13.0 Å². The van der Waals surface area contributed by atoms with Crippen LogP contribution >= 0.6 is 22.6 Å². The SMILES string of the molecule is CC(N)c1nc2c(I)cc(F)cc2c(=O)n1-c1ccccc1. The molecule has 0 radical (unpaired) electrons. The van der Waals surface area contributed by atoms with Crippen molar-refractivity contribution in [1.29, 1.82) is 0 Å². The molecule has 1 unspecified atom stereocenters. The molecule has 0 aliphatic carbocycles. The predicted molar refractivity (Wildman–Crippen MR) is 92.6 cm³/mol. The minimum absolute atomic E-state index is 0.248. The van der Waals surface area contributed by atoms with Crippen LogP contribution in [0.2, 0.25) is 0 Å². The first-order valence-electron chi connectivity index (χ1n) is 6.71. The van der Waals surface area contributed by atoms with E-state index in [-0.39, 0.29) is 10.9 Å². The van der Waals surface area contributed by atoms with E-state index in [1.165, 1.54) is 16.7 Å². The minimum atomic E-state index is -0.455. The Kier molecular flexibility index (Phi) is 3.96. The highest BCUT2D eigenvalue weighted by atomic mass is 127. The van der Waals surface area contributed by atoms with Crippen LogP contribution in [-0.2, 0) is 0 Å². The first-order valence-corrected chi connectivity index (χ1v) is 7.79. The van der Waals surface area contributed by atoms with Gasteiger partial charge in [0.15, 0.2) is 0 Å². The third kappa shape index (κ3) is 2.52. The standard InChI is InChI=1S/C16H13FIN3O/c1-9(19)15-20-14-12(7-10(17)8-13(14)18)16(22)21(15)11-5-3-2-4-6-11/h2-9H,19H2,1H3. The van der Waals surface area contributed by atoms with Crippen LogP contribution in [0.4, 0.5) is 4.39 Å². The topological polar surface area (TPSA) is 60.9 Å². The zero-order chi connectivity index (χ0) is 15.9. The van der Waals surface area contributed by atoms with Gasteiger partial charge in [-0.1, -0.05) is 18.2 Å². The maximum atomic E-state index is 13.7. The van der Waals surface area contributed by atoms with Gasteiger partial charge in [-0.15, -0.1) is 0 Å². The summed E-state index contributed by atoms with van der Waals surface area (Å²) in [6, 6.07) is 11.2. The van der Waals surface area contributed by atoms with Crippen molar-refractivity contribution in [2.24, 2.45) is 5.73 Å². The fourth-order valence-corrected chi connectivity index (χ4v) is 3.07. The molecule has 0 aliphatic rings. The Balaban J connectivity index is 2.48. The monoisotopic (exact) mass is 409 g/mol. The number of nitrogens with two attached hydrogens (primary N) is 1. The lowest BCUT2D eigenvalue weighted by atomic mass is 10.2. The number of para-hydroxylation sites is 1. The smallest absolute Gasteiger partial charge is 0.266 e. The number of fused-ring (bicyclic) bond motifs is 1. The molecule has 22 heavy (non-hydrogen) atoms. The van der Waals surface area contributed by atoms with Crippen molar-refractivity contribution in [3.8, 4) is 5.69 Å². The summed E-state index contributed by atoms with van der Waals surface area (Å²) in [6.07, 6.45) is 0. The van der Waals surface area contributed by atoms with Gasteiger partial charge in [0.1, 0.15) is 11.6 Å². The van der Waals surface area contributed by atoms with Gasteiger partial charge in [-0.25, -0.2) is 9.37 Å². The Labute approximate surface area is 139 Å². The number of benzene rings is 2. The highest BCUT2D eigenvalue weighted by molar-refractivity contribution is 14.1. The fraction of sp³-hybridized carbons (Fsp3) is 0.125. The Morgan fingerprint density at radius 3 is 2.59 bits per heavy atom. The third-order valence-electron chi connectivity index (χ3n) is 3.34. The first-order chi connectivity index (χ1) is 10.5. The molecule has 0 amide bonds. The summed E-state index contributed by atoms with van der Waals surface area (Å²) in [6.45, 7) is 1.77. The van der Waals surface area contributed by atoms with Crippen LogP contribution < -0.4 is 11.3 Å². The molecule has 1 atom stereocenters. The number of hydrogen-bond donors (Lipinski definition) is 1. The van der Waals surface area contributed by atoms with E-state index in [0.717, 1.165) is 0 Å². The molecule has 0 saturated heterocycles. The van der Waals surface area contributed by atoms with E-state index >= 15 is 0 Å². The lowest BCUT2D eigenvalue weighted by Crippen LogP contribution is -2.27. The molecular weight excluding hydrogens is 396 g/mol. The molecule has 1 aromatic heterocycles. The summed E-state index contributed by atoms with van der Waals surface area (Å²) in [7, 11) is 0. The Morgan fingerprint density at radius 1 is 1.27 bits per heavy atom. The first kappa shape index (κ1) is 15.1. The summed E-state index contributed by atoms with van der Waals surface area (Å²) in [5.74, 6) is -0.00261. The van der Waals surface area contributed by atoms with E-state index in [2.05, 4.69) is 4.98 Å². The number of aromatic nitrogens is 2. The number of hydrogen-bond acceptors (Lipinski definition) is 3. The van der Waals surface area contributed by atoms with Crippen molar-refractivity contribution < 1.29 is 4.39 Å². The number of halogens is 2. The molecule has 0 saturated carbocycles. The molecule has 0 fully saturated rings. The lowest BCUT2D eigenvalue weighted by molar-refractivity contribution is 0.627. The van der Waals surface area contributed by atoms with Gasteiger partial charge in [0.05, 0.1) is 22.6 Å². The summed E-state index contributed by atoms with van der Waals surface area (Å²) in [4.78, 5) is 17.4. The average Bonchev–Trinajstić information content (AvgIpc) is 2.48. The molecule has 3 aromatic rings. The van der Waals surface area contributed by atoms with Gasteiger partial charge in [0, 0.05) is 3.57 Å². The van der Waals surface area contributed by atoms with Crippen LogP contribution in [0.1, 0.15) is 18.8 Å². The highest BCUT2D eigenvalue weighted by Crippen LogP contribution is 2.21. The molecule has 2 N–H and O–H groups in total. The van der Waals surface area contributed by atoms with Gasteiger partial charge < -0.3 is 5.73 Å². The van der Waals surface area contributed by atoms with E-state index in [0.29, 0.717) is 20.6 Å². The Hall–Kier alpha value is -1.80. The van der Waals surface area contributed by atoms with Gasteiger partial charge in [-0.2, -0.15) is 0 Å². The van der Waals surface area contributed by atoms with Gasteiger partial charge in [-0.3, -0.25) is 9.36 Å². The molecule has 0 aliphatic heterocycles. The molecule has 0 spiro atoms. The Bertz CT molecular complexity index is 907. The largest absolute Gasteiger partial charge is 0.322 e. The van der Waals surface area contributed by atoms with E-state index < -0.39 is 11.9 Å². The average molecular weight is 409 g/mol. The van der Waals surface area contributed by atoms with Crippen LogP contribution in [0.15, 0.2) is 47.3 Å². The van der Waals surface area contributed by atoms with Crippen LogP contribution in [0.3, 0.4) is 0 Å². The molecule has 4 nitrogen and oxygen atoms in total. The maximum absolute atomic E-state index is 13.7. The van der Waals surface area contributed by atoms with E-state index in [1.54, 1.807) is 19.1 Å². The van der Waals surface area contributed by atoms with E-state index in [1.807, 2.05) is 40.8 Å². The molecule has 2 aromatic carbocycles. The van der Waals surface area contributed by atoms with Gasteiger partial charge >= 0.3 is 0 Å². The lowest BCUT2D eigenvalue weighted by Gasteiger charge is -2.16. The van der Waals surface area contributed by atoms with Crippen LogP contribution in [0.5, 0.6) is 0 Å². The zero-order valence-electron chi connectivity index (χ0n) is 11.8. The molecule has 3 rings (SSSR count). The van der Waals surface area contributed by atoms with Crippen LogP contribution in [0, 0.1) is 9.39 Å². The van der Waals surface area contributed by atoms with Gasteiger partial charge in [-0.05, 0) is 53.8 Å². The summed E-state index contributed by atoms with van der Waals surface area (Å²) in [5, 5.41) is 0.248. The molecule has 112 valence electrons. The minimum Gasteiger partial charge on any atom is -0.322 e. The normalized spacial score (nSPS) is 12.5. The van der Waals surface area contributed by atoms with Crippen molar-refractivity contribution in [3.05, 3.63) is 68.0 Å². The second-order valence-electron chi connectivity index (χ2n) is 5.02. The van der Waals surface area contributed by atoms with Crippen LogP contribution in [-0.4, -0.2) is 9.55 Å². The van der Waals surface area contributed by atoms with Gasteiger partial charge in [0.25, 0.3) is 5.56 Å². The molecule has 0 bridgehead atoms. The van der Waals surface area contributed by atoms with Crippen molar-refractivity contribution >= 4 is 33.5 Å². The quantitative estimate of drug-likeness (QED) is 0.662. The number of rotatable bonds is 2. The van der Waals surface area contributed by atoms with Crippen LogP contribution in [0.25, 0.3) is 16.6 Å². The fourth-order valence-electron chi connectivity index (χ4n) is 2.36. The molecular formula is C16H13FIN3O. The second-order valence-corrected chi connectivity index (χ2v) is 6.18. The summed E-state index contributed by atoms with van der Waals surface area (Å²) < 4.78 is 15.7. The molecule has 6 heteroatoms. The van der Waals surface area contributed by atoms with Crippen molar-refractivity contribution in [3.63, 3.8) is 0 Å². The van der Waals surface area contributed by atoms with E-state index in [9.17, 15) is 9.18 Å². The molecule has 1 heterocycles. The predicted octanol–water partition coefficient (Wildman–Crippen LogP) is 3.15. The second kappa shape index (κ2) is 5.77. The Morgan fingerprint density at radius 2 is 1.95 bits per heavy atom. The maximum Gasteiger partial charge on any atom is 0.266 e. The zero-order valence-corrected chi connectivity index (χ0v) is 13.9. The number of nitrogens with zero attached hydrogens (tertiary/aromatic N) is 2.